The zero-order chi connectivity index (χ0) is 79.5. The molecule has 1 aromatic heterocycles. The van der Waals surface area contributed by atoms with E-state index in [2.05, 4.69) is 182 Å². The standard InChI is InChI=1S/C24H23O4S2.C24H23O2S2.C24H23O2S.C24H25O2S/c1-4-24(2,3)23(25)28-17-13-15-18(16-14-17)29-19-9-5-7-11-21(19)30(26,27)22-12-8-6-10-20(22)29;1-4-24(2,3)23(25)26-17-13-15-18(16-14-17)28-21-11-7-5-9-19(21)27-20-10-6-8-12-22(20)28;1-4-24(2,3)23(25)26-17-13-15-18(16-14-17)27-21-11-7-5-9-19(21)20-10-6-8-12-22(20)27;1-4-24(2,3)23(25)26-19-15-17-22(18-16-19)27(20-11-7-5-8-12-20)21-13-9-6-10-14-21/h5-16H,4H2,1-3H3;5-16H,4H2,1-3H3;5-16H,4H2,1-3H3;5-18H,4H2,1-3H3/q4*+1. The van der Waals surface area contributed by atoms with Crippen LogP contribution in [0.5, 0.6) is 23.0 Å². The summed E-state index contributed by atoms with van der Waals surface area (Å²) in [5, 5.41) is 2.63. The Kier molecular flexibility index (Phi) is 25.8. The average Bonchev–Trinajstić information content (AvgIpc) is 0.943. The van der Waals surface area contributed by atoms with Crippen molar-refractivity contribution in [2.45, 2.75) is 172 Å². The summed E-state index contributed by atoms with van der Waals surface area (Å²) in [6, 6.07) is 101. The van der Waals surface area contributed by atoms with Crippen LogP contribution in [0.1, 0.15) is 109 Å². The third kappa shape index (κ3) is 18.2. The van der Waals surface area contributed by atoms with Crippen LogP contribution in [-0.4, -0.2) is 32.3 Å². The summed E-state index contributed by atoms with van der Waals surface area (Å²) in [7, 11) is -4.59. The van der Waals surface area contributed by atoms with Crippen molar-refractivity contribution in [3.8, 4) is 27.9 Å². The quantitative estimate of drug-likeness (QED) is 0.0461. The van der Waals surface area contributed by atoms with Crippen LogP contribution in [0.3, 0.4) is 0 Å². The lowest BCUT2D eigenvalue weighted by Gasteiger charge is -2.21. The number of benzene rings is 12. The van der Waals surface area contributed by atoms with E-state index < -0.39 is 42.4 Å². The van der Waals surface area contributed by atoms with Crippen LogP contribution in [0, 0.1) is 21.7 Å². The molecule has 3 heterocycles. The van der Waals surface area contributed by atoms with Gasteiger partial charge in [0.15, 0.2) is 58.4 Å². The van der Waals surface area contributed by atoms with E-state index in [0.29, 0.717) is 39.2 Å². The van der Waals surface area contributed by atoms with Crippen LogP contribution in [0.25, 0.3) is 25.1 Å². The third-order valence-corrected chi connectivity index (χ3v) is 33.1. The first kappa shape index (κ1) is 81.6. The third-order valence-electron chi connectivity index (χ3n) is 20.4. The predicted octanol–water partition coefficient (Wildman–Crippen LogP) is 25.1. The van der Waals surface area contributed by atoms with Gasteiger partial charge in [0, 0.05) is 33.4 Å². The monoisotopic (exact) mass is 1600 g/mol. The normalized spacial score (nSPS) is 13.0. The van der Waals surface area contributed by atoms with Gasteiger partial charge in [-0.2, -0.15) is 0 Å². The van der Waals surface area contributed by atoms with Gasteiger partial charge in [0.25, 0.3) is 0 Å². The highest BCUT2D eigenvalue weighted by atomic mass is 32.2. The van der Waals surface area contributed by atoms with Gasteiger partial charge in [-0.3, -0.25) is 19.2 Å². The van der Waals surface area contributed by atoms with Gasteiger partial charge in [-0.05, 0) is 263 Å². The van der Waals surface area contributed by atoms with Gasteiger partial charge >= 0.3 is 23.9 Å². The Morgan fingerprint density at radius 2 is 0.580 bits per heavy atom. The van der Waals surface area contributed by atoms with E-state index in [1.54, 1.807) is 36.4 Å². The SMILES string of the molecule is CCC(C)(C)C(=O)Oc1ccc(-[s+]2c3ccccc3c3ccccc32)cc1.CCC(C)(C)C(=O)Oc1ccc([S+](c2ccccc2)c2ccccc2)cc1.CCC(C)(C)C(=O)Oc1ccc([S+]2c3ccccc3S(=O)(=O)c3ccccc32)cc1.CCC(C)(C)C(=O)Oc1ccc([S+]2c3ccccc3Sc3ccccc32)cc1. The summed E-state index contributed by atoms with van der Waals surface area (Å²) >= 11 is 1.84. The number of carbonyl (C=O) groups is 4. The molecule has 12 aromatic carbocycles. The molecule has 0 fully saturated rings. The number of hydrogen-bond acceptors (Lipinski definition) is 11. The van der Waals surface area contributed by atoms with Gasteiger partial charge in [0.2, 0.25) is 9.84 Å². The van der Waals surface area contributed by atoms with Crippen LogP contribution in [-0.2, 0) is 61.7 Å². The second-order valence-electron chi connectivity index (χ2n) is 29.6. The second-order valence-corrected chi connectivity index (χ2v) is 40.5. The molecule has 0 unspecified atom stereocenters. The number of thiophene rings is 1. The van der Waals surface area contributed by atoms with Gasteiger partial charge in [-0.1, -0.05) is 149 Å². The zero-order valence-electron chi connectivity index (χ0n) is 65.2. The van der Waals surface area contributed by atoms with Crippen molar-refractivity contribution in [3.63, 3.8) is 0 Å². The number of rotatable bonds is 18. The maximum absolute atomic E-state index is 13.1. The van der Waals surface area contributed by atoms with Crippen LogP contribution in [0.2, 0.25) is 0 Å². The summed E-state index contributed by atoms with van der Waals surface area (Å²) in [6.07, 6.45) is 2.93. The Bertz CT molecular complexity index is 5410. The van der Waals surface area contributed by atoms with Gasteiger partial charge in [-0.15, -0.1) is 0 Å². The molecular formula is C96H94O10S6+4. The number of hydrogen-bond donors (Lipinski definition) is 0. The smallest absolute Gasteiger partial charge is 0.316 e. The maximum atomic E-state index is 13.1. The summed E-state index contributed by atoms with van der Waals surface area (Å²) in [4.78, 5) is 64.1. The Morgan fingerprint density at radius 1 is 0.312 bits per heavy atom. The Labute approximate surface area is 675 Å². The first-order valence-electron chi connectivity index (χ1n) is 37.6. The summed E-state index contributed by atoms with van der Waals surface area (Å²) in [5.41, 5.74) is -1.96. The van der Waals surface area contributed by atoms with Crippen molar-refractivity contribution in [1.29, 1.82) is 0 Å². The molecule has 13 aromatic rings. The van der Waals surface area contributed by atoms with Gasteiger partial charge in [0.05, 0.1) is 42.3 Å². The molecule has 112 heavy (non-hydrogen) atoms. The summed E-state index contributed by atoms with van der Waals surface area (Å²) in [6.45, 7) is 23.2. The first-order valence-corrected chi connectivity index (χ1v) is 44.8. The van der Waals surface area contributed by atoms with E-state index in [1.807, 2.05) is 180 Å². The molecule has 0 saturated carbocycles. The predicted molar refractivity (Wildman–Crippen MR) is 458 cm³/mol. The van der Waals surface area contributed by atoms with Crippen molar-refractivity contribution in [2.24, 2.45) is 21.7 Å². The average molecular weight is 1600 g/mol. The number of sulfone groups is 1. The molecule has 0 radical (unpaired) electrons. The van der Waals surface area contributed by atoms with Crippen molar-refractivity contribution >= 4 is 109 Å². The molecule has 0 amide bonds. The number of carbonyl (C=O) groups excluding carboxylic acids is 4. The van der Waals surface area contributed by atoms with Crippen LogP contribution in [0.4, 0.5) is 0 Å². The Balaban J connectivity index is 0.000000139. The fourth-order valence-corrected chi connectivity index (χ4v) is 24.7. The Morgan fingerprint density at radius 3 is 0.929 bits per heavy atom. The topological polar surface area (TPSA) is 139 Å². The maximum Gasteiger partial charge on any atom is 0.316 e. The first-order chi connectivity index (χ1) is 53.8. The molecule has 0 atom stereocenters. The van der Waals surface area contributed by atoms with Crippen molar-refractivity contribution in [3.05, 3.63) is 303 Å². The molecular weight excluding hydrogens is 1510 g/mol. The molecule has 16 heteroatoms. The molecule has 15 rings (SSSR count). The molecule has 570 valence electrons. The molecule has 2 aliphatic heterocycles. The largest absolute Gasteiger partial charge is 0.426 e. The zero-order valence-corrected chi connectivity index (χ0v) is 70.1. The van der Waals surface area contributed by atoms with Gasteiger partial charge in [-0.25, -0.2) is 8.42 Å². The molecule has 0 bridgehead atoms. The van der Waals surface area contributed by atoms with E-state index in [1.165, 1.54) is 64.2 Å². The minimum atomic E-state index is -3.55. The van der Waals surface area contributed by atoms with Crippen molar-refractivity contribution < 1.29 is 46.5 Å². The summed E-state index contributed by atoms with van der Waals surface area (Å²) < 4.78 is 51.3. The molecule has 10 nitrogen and oxygen atoms in total. The van der Waals surface area contributed by atoms with E-state index >= 15 is 0 Å². The fourth-order valence-electron chi connectivity index (χ4n) is 11.8. The minimum Gasteiger partial charge on any atom is -0.426 e. The van der Waals surface area contributed by atoms with Gasteiger partial charge in [0.1, 0.15) is 54.6 Å². The highest BCUT2D eigenvalue weighted by Gasteiger charge is 2.46. The van der Waals surface area contributed by atoms with Gasteiger partial charge < -0.3 is 18.9 Å². The van der Waals surface area contributed by atoms with Crippen molar-refractivity contribution in [2.75, 3.05) is 0 Å². The molecule has 0 N–H and O–H groups in total. The number of fused-ring (bicyclic) bond motifs is 7. The molecule has 2 aliphatic rings. The number of ether oxygens (including phenoxy) is 4. The highest BCUT2D eigenvalue weighted by molar-refractivity contribution is 8.04. The highest BCUT2D eigenvalue weighted by Crippen LogP contribution is 2.51. The second kappa shape index (κ2) is 35.4. The van der Waals surface area contributed by atoms with Crippen LogP contribution in [0.15, 0.2) is 367 Å². The van der Waals surface area contributed by atoms with E-state index in [4.69, 9.17) is 18.9 Å². The minimum absolute atomic E-state index is 0.121. The van der Waals surface area contributed by atoms with Crippen LogP contribution < -0.4 is 18.9 Å². The molecule has 0 spiro atoms. The lowest BCUT2D eigenvalue weighted by molar-refractivity contribution is -0.144. The Hall–Kier alpha value is -9.91. The summed E-state index contributed by atoms with van der Waals surface area (Å²) in [5.74, 6) is 1.46. The number of esters is 4. The van der Waals surface area contributed by atoms with E-state index in [0.717, 1.165) is 33.9 Å². The molecule has 0 aliphatic carbocycles. The lowest BCUT2D eigenvalue weighted by Crippen LogP contribution is -2.28. The molecule has 0 saturated heterocycles. The fraction of sp³-hybridized carbons (Fsp3) is 0.208. The van der Waals surface area contributed by atoms with E-state index in [-0.39, 0.29) is 56.1 Å². The van der Waals surface area contributed by atoms with Crippen LogP contribution >= 0.6 is 22.2 Å². The lowest BCUT2D eigenvalue weighted by atomic mass is 9.91. The van der Waals surface area contributed by atoms with Crippen molar-refractivity contribution in [1.82, 2.24) is 0 Å². The van der Waals surface area contributed by atoms with E-state index in [9.17, 15) is 27.6 Å².